The molecule has 1 atom stereocenters. The molecular formula is C14H17N3O2. The smallest absolute Gasteiger partial charge is 0.259 e. The molecule has 0 aliphatic carbocycles. The summed E-state index contributed by atoms with van der Waals surface area (Å²) in [4.78, 5) is 12.2. The number of aryl methyl sites for hydroxylation is 1. The first-order valence-electron chi connectivity index (χ1n) is 6.17. The molecule has 2 rings (SSSR count). The van der Waals surface area contributed by atoms with Crippen molar-refractivity contribution in [2.24, 2.45) is 0 Å². The van der Waals surface area contributed by atoms with E-state index >= 15 is 0 Å². The third kappa shape index (κ3) is 3.20. The van der Waals surface area contributed by atoms with Crippen LogP contribution in [0, 0.1) is 0 Å². The fourth-order valence-electron chi connectivity index (χ4n) is 1.82. The van der Waals surface area contributed by atoms with Gasteiger partial charge >= 0.3 is 0 Å². The molecule has 1 amide bonds. The third-order valence-electron chi connectivity index (χ3n) is 2.84. The maximum Gasteiger partial charge on any atom is 0.259 e. The van der Waals surface area contributed by atoms with E-state index in [-0.39, 0.29) is 5.91 Å². The Balaban J connectivity index is 2.09. The van der Waals surface area contributed by atoms with Gasteiger partial charge in [-0.2, -0.15) is 5.10 Å². The molecule has 2 N–H and O–H groups in total. The molecule has 0 spiro atoms. The van der Waals surface area contributed by atoms with Gasteiger partial charge in [0.05, 0.1) is 0 Å². The molecule has 0 bridgehead atoms. The summed E-state index contributed by atoms with van der Waals surface area (Å²) in [5, 5.41) is 9.62. The Labute approximate surface area is 112 Å². The zero-order valence-electron chi connectivity index (χ0n) is 11.0. The summed E-state index contributed by atoms with van der Waals surface area (Å²) in [6, 6.07) is 11.2. The summed E-state index contributed by atoms with van der Waals surface area (Å²) in [6.07, 6.45) is 0.206. The summed E-state index contributed by atoms with van der Waals surface area (Å²) in [5.74, 6) is 0.280. The molecule has 5 heteroatoms. The Kier molecular flexibility index (Phi) is 4.30. The van der Waals surface area contributed by atoms with Gasteiger partial charge in [-0.15, -0.1) is 0 Å². The zero-order valence-corrected chi connectivity index (χ0v) is 11.0. The number of hydrogen-bond acceptors (Lipinski definition) is 3. The van der Waals surface area contributed by atoms with Gasteiger partial charge in [0.25, 0.3) is 5.91 Å². The van der Waals surface area contributed by atoms with E-state index in [0.717, 1.165) is 17.7 Å². The normalized spacial score (nSPS) is 12.1. The van der Waals surface area contributed by atoms with Crippen LogP contribution in [0.1, 0.15) is 24.3 Å². The molecule has 0 aliphatic heterocycles. The van der Waals surface area contributed by atoms with Gasteiger partial charge < -0.3 is 10.1 Å². The van der Waals surface area contributed by atoms with E-state index in [1.807, 2.05) is 43.3 Å². The number of aromatic amines is 1. The van der Waals surface area contributed by atoms with Crippen LogP contribution in [-0.4, -0.2) is 23.2 Å². The quantitative estimate of drug-likeness (QED) is 0.865. The Morgan fingerprint density at radius 3 is 2.74 bits per heavy atom. The van der Waals surface area contributed by atoms with Crippen molar-refractivity contribution in [3.8, 4) is 0 Å². The largest absolute Gasteiger partial charge is 0.367 e. The molecule has 2 aromatic rings. The van der Waals surface area contributed by atoms with Crippen molar-refractivity contribution < 1.29 is 9.53 Å². The van der Waals surface area contributed by atoms with Crippen molar-refractivity contribution in [2.45, 2.75) is 19.4 Å². The predicted octanol–water partition coefficient (Wildman–Crippen LogP) is 2.30. The fourth-order valence-corrected chi connectivity index (χ4v) is 1.82. The van der Waals surface area contributed by atoms with E-state index in [9.17, 15) is 4.79 Å². The second-order valence-corrected chi connectivity index (χ2v) is 4.15. The first-order chi connectivity index (χ1) is 9.24. The Hall–Kier alpha value is -2.14. The van der Waals surface area contributed by atoms with Crippen molar-refractivity contribution >= 4 is 11.7 Å². The van der Waals surface area contributed by atoms with Gasteiger partial charge in [-0.05, 0) is 12.0 Å². The lowest BCUT2D eigenvalue weighted by molar-refractivity contribution is -0.126. The van der Waals surface area contributed by atoms with Crippen molar-refractivity contribution in [2.75, 3.05) is 12.4 Å². The lowest BCUT2D eigenvalue weighted by atomic mass is 10.1. The van der Waals surface area contributed by atoms with Crippen LogP contribution in [0.25, 0.3) is 0 Å². The molecular weight excluding hydrogens is 242 g/mol. The second-order valence-electron chi connectivity index (χ2n) is 4.15. The number of nitrogens with one attached hydrogen (secondary N) is 2. The van der Waals surface area contributed by atoms with Crippen LogP contribution >= 0.6 is 0 Å². The molecule has 0 radical (unpaired) electrons. The molecule has 0 aliphatic rings. The topological polar surface area (TPSA) is 67.0 Å². The lowest BCUT2D eigenvalue weighted by Gasteiger charge is -2.14. The average Bonchev–Trinajstić information content (AvgIpc) is 2.88. The number of carbonyl (C=O) groups excluding carboxylic acids is 1. The van der Waals surface area contributed by atoms with Crippen molar-refractivity contribution in [1.82, 2.24) is 10.2 Å². The number of amides is 1. The maximum atomic E-state index is 12.2. The summed E-state index contributed by atoms with van der Waals surface area (Å²) >= 11 is 0. The standard InChI is InChI=1S/C14H17N3O2/c1-3-11-9-12(17-16-11)15-14(18)13(19-2)10-7-5-4-6-8-10/h4-9,13H,3H2,1-2H3,(H2,15,16,17,18). The van der Waals surface area contributed by atoms with E-state index < -0.39 is 6.10 Å². The lowest BCUT2D eigenvalue weighted by Crippen LogP contribution is -2.22. The molecule has 0 fully saturated rings. The van der Waals surface area contributed by atoms with Crippen LogP contribution in [0.15, 0.2) is 36.4 Å². The summed E-state index contributed by atoms with van der Waals surface area (Å²) in [5.41, 5.74) is 1.79. The van der Waals surface area contributed by atoms with Crippen LogP contribution in [0.5, 0.6) is 0 Å². The fraction of sp³-hybridized carbons (Fsp3) is 0.286. The number of nitrogens with zero attached hydrogens (tertiary/aromatic N) is 1. The molecule has 5 nitrogen and oxygen atoms in total. The Morgan fingerprint density at radius 2 is 2.16 bits per heavy atom. The minimum atomic E-state index is -0.636. The van der Waals surface area contributed by atoms with Crippen LogP contribution in [-0.2, 0) is 16.0 Å². The highest BCUT2D eigenvalue weighted by Gasteiger charge is 2.20. The molecule has 1 aromatic heterocycles. The summed E-state index contributed by atoms with van der Waals surface area (Å²) in [6.45, 7) is 2.01. The molecule has 0 saturated heterocycles. The number of benzene rings is 1. The van der Waals surface area contributed by atoms with Crippen LogP contribution in [0.2, 0.25) is 0 Å². The van der Waals surface area contributed by atoms with Crippen molar-refractivity contribution in [3.63, 3.8) is 0 Å². The van der Waals surface area contributed by atoms with Gasteiger partial charge in [0.15, 0.2) is 11.9 Å². The number of anilines is 1. The molecule has 1 unspecified atom stereocenters. The molecule has 100 valence electrons. The highest BCUT2D eigenvalue weighted by atomic mass is 16.5. The van der Waals surface area contributed by atoms with Gasteiger partial charge in [-0.1, -0.05) is 37.3 Å². The molecule has 19 heavy (non-hydrogen) atoms. The van der Waals surface area contributed by atoms with E-state index in [0.29, 0.717) is 5.82 Å². The van der Waals surface area contributed by atoms with E-state index in [1.54, 1.807) is 0 Å². The highest BCUT2D eigenvalue weighted by molar-refractivity contribution is 5.94. The highest BCUT2D eigenvalue weighted by Crippen LogP contribution is 2.18. The maximum absolute atomic E-state index is 12.2. The number of methoxy groups -OCH3 is 1. The first kappa shape index (κ1) is 13.3. The van der Waals surface area contributed by atoms with Gasteiger partial charge in [0.1, 0.15) is 0 Å². The van der Waals surface area contributed by atoms with Crippen molar-refractivity contribution in [1.29, 1.82) is 0 Å². The van der Waals surface area contributed by atoms with Crippen LogP contribution < -0.4 is 5.32 Å². The minimum absolute atomic E-state index is 0.233. The second kappa shape index (κ2) is 6.15. The van der Waals surface area contributed by atoms with E-state index in [2.05, 4.69) is 15.5 Å². The van der Waals surface area contributed by atoms with Gasteiger partial charge in [0.2, 0.25) is 0 Å². The van der Waals surface area contributed by atoms with Gasteiger partial charge in [0, 0.05) is 18.9 Å². The average molecular weight is 259 g/mol. The Morgan fingerprint density at radius 1 is 1.42 bits per heavy atom. The monoisotopic (exact) mass is 259 g/mol. The van der Waals surface area contributed by atoms with Gasteiger partial charge in [-0.25, -0.2) is 0 Å². The number of H-pyrrole nitrogens is 1. The van der Waals surface area contributed by atoms with Crippen molar-refractivity contribution in [3.05, 3.63) is 47.7 Å². The van der Waals surface area contributed by atoms with Crippen LogP contribution in [0.3, 0.4) is 0 Å². The summed E-state index contributed by atoms with van der Waals surface area (Å²) in [7, 11) is 1.51. The number of carbonyl (C=O) groups is 1. The van der Waals surface area contributed by atoms with Gasteiger partial charge in [-0.3, -0.25) is 9.89 Å². The third-order valence-corrected chi connectivity index (χ3v) is 2.84. The Bertz CT molecular complexity index is 537. The van der Waals surface area contributed by atoms with Crippen LogP contribution in [0.4, 0.5) is 5.82 Å². The molecule has 0 saturated carbocycles. The molecule has 1 aromatic carbocycles. The van der Waals surface area contributed by atoms with E-state index in [4.69, 9.17) is 4.74 Å². The number of ether oxygens (including phenoxy) is 1. The SMILES string of the molecule is CCc1cc(NC(=O)C(OC)c2ccccc2)n[nH]1. The number of hydrogen-bond donors (Lipinski definition) is 2. The minimum Gasteiger partial charge on any atom is -0.367 e. The summed E-state index contributed by atoms with van der Waals surface area (Å²) < 4.78 is 5.25. The number of rotatable bonds is 5. The van der Waals surface area contributed by atoms with E-state index in [1.165, 1.54) is 7.11 Å². The first-order valence-corrected chi connectivity index (χ1v) is 6.17. The molecule has 1 heterocycles. The number of aromatic nitrogens is 2. The zero-order chi connectivity index (χ0) is 13.7. The predicted molar refractivity (Wildman–Crippen MR) is 72.8 cm³/mol.